The van der Waals surface area contributed by atoms with E-state index in [-0.39, 0.29) is 17.3 Å². The van der Waals surface area contributed by atoms with Gasteiger partial charge in [-0.15, -0.1) is 4.40 Å². The zero-order valence-corrected chi connectivity index (χ0v) is 14.1. The lowest BCUT2D eigenvalue weighted by Gasteiger charge is -2.24. The fourth-order valence-electron chi connectivity index (χ4n) is 2.41. The Morgan fingerprint density at radius 2 is 1.86 bits per heavy atom. The van der Waals surface area contributed by atoms with Gasteiger partial charge in [-0.2, -0.15) is 8.42 Å². The number of sulfonamides is 1. The molecule has 0 N–H and O–H groups in total. The third kappa shape index (κ3) is 3.30. The van der Waals surface area contributed by atoms with E-state index in [1.54, 1.807) is 42.1 Å². The molecule has 1 aliphatic rings. The SMILES string of the molecule is CC(C)CN(C)C(=O)CN(C)C1=NS(=O)(=O)c2ccccc21. The van der Waals surface area contributed by atoms with Crippen molar-refractivity contribution in [3.8, 4) is 0 Å². The number of fused-ring (bicyclic) bond motifs is 1. The number of hydrogen-bond acceptors (Lipinski definition) is 4. The van der Waals surface area contributed by atoms with Crippen LogP contribution in [0.3, 0.4) is 0 Å². The van der Waals surface area contributed by atoms with Crippen molar-refractivity contribution in [3.63, 3.8) is 0 Å². The minimum Gasteiger partial charge on any atom is -0.349 e. The Hall–Kier alpha value is -1.89. The van der Waals surface area contributed by atoms with Crippen molar-refractivity contribution < 1.29 is 13.2 Å². The summed E-state index contributed by atoms with van der Waals surface area (Å²) in [5.74, 6) is 0.631. The molecule has 1 amide bonds. The standard InChI is InChI=1S/C15H21N3O3S/c1-11(2)9-17(3)14(19)10-18(4)15-12-7-5-6-8-13(12)22(20,21)16-15/h5-8,11H,9-10H2,1-4H3. The van der Waals surface area contributed by atoms with Crippen LogP contribution in [0.1, 0.15) is 19.4 Å². The Bertz CT molecular complexity index is 710. The molecule has 1 aromatic carbocycles. The maximum Gasteiger partial charge on any atom is 0.285 e. The van der Waals surface area contributed by atoms with Crippen LogP contribution < -0.4 is 0 Å². The Morgan fingerprint density at radius 1 is 1.23 bits per heavy atom. The van der Waals surface area contributed by atoms with Gasteiger partial charge in [-0.1, -0.05) is 26.0 Å². The summed E-state index contributed by atoms with van der Waals surface area (Å²) in [6, 6.07) is 6.66. The van der Waals surface area contributed by atoms with Gasteiger partial charge in [0.25, 0.3) is 10.0 Å². The number of rotatable bonds is 4. The first-order valence-electron chi connectivity index (χ1n) is 7.12. The van der Waals surface area contributed by atoms with Gasteiger partial charge in [-0.05, 0) is 18.1 Å². The first-order valence-corrected chi connectivity index (χ1v) is 8.56. The molecule has 0 aromatic heterocycles. The molecule has 7 heteroatoms. The highest BCUT2D eigenvalue weighted by Crippen LogP contribution is 2.26. The van der Waals surface area contributed by atoms with Gasteiger partial charge in [0.2, 0.25) is 5.91 Å². The maximum atomic E-state index is 12.2. The van der Waals surface area contributed by atoms with Crippen LogP contribution >= 0.6 is 0 Å². The normalized spacial score (nSPS) is 15.4. The number of carbonyl (C=O) groups excluding carboxylic acids is 1. The van der Waals surface area contributed by atoms with Crippen LogP contribution in [0.4, 0.5) is 0 Å². The van der Waals surface area contributed by atoms with Crippen molar-refractivity contribution in [2.24, 2.45) is 10.3 Å². The second-order valence-corrected chi connectivity index (χ2v) is 7.48. The van der Waals surface area contributed by atoms with Gasteiger partial charge in [0.05, 0.1) is 6.54 Å². The average Bonchev–Trinajstić information content (AvgIpc) is 2.70. The Balaban J connectivity index is 2.18. The summed E-state index contributed by atoms with van der Waals surface area (Å²) in [4.78, 5) is 15.6. The summed E-state index contributed by atoms with van der Waals surface area (Å²) in [6.07, 6.45) is 0. The van der Waals surface area contributed by atoms with E-state index in [4.69, 9.17) is 0 Å². The van der Waals surface area contributed by atoms with Gasteiger partial charge in [0.15, 0.2) is 5.84 Å². The Morgan fingerprint density at radius 3 is 2.50 bits per heavy atom. The minimum absolute atomic E-state index is 0.0688. The highest BCUT2D eigenvalue weighted by atomic mass is 32.2. The topological polar surface area (TPSA) is 70.1 Å². The zero-order valence-electron chi connectivity index (χ0n) is 13.3. The predicted octanol–water partition coefficient (Wildman–Crippen LogP) is 1.18. The van der Waals surface area contributed by atoms with Crippen LogP contribution in [-0.2, 0) is 14.8 Å². The van der Waals surface area contributed by atoms with E-state index in [0.717, 1.165) is 0 Å². The molecular weight excluding hydrogens is 302 g/mol. The second-order valence-electron chi connectivity index (χ2n) is 5.91. The molecule has 0 radical (unpaired) electrons. The van der Waals surface area contributed by atoms with E-state index in [1.807, 2.05) is 13.8 Å². The molecule has 0 bridgehead atoms. The van der Waals surface area contributed by atoms with E-state index in [2.05, 4.69) is 4.40 Å². The first-order chi connectivity index (χ1) is 10.2. The summed E-state index contributed by atoms with van der Waals surface area (Å²) in [7, 11) is -0.228. The fraction of sp³-hybridized carbons (Fsp3) is 0.467. The number of hydrogen-bond donors (Lipinski definition) is 0. The molecule has 120 valence electrons. The van der Waals surface area contributed by atoms with E-state index >= 15 is 0 Å². The number of amides is 1. The molecule has 6 nitrogen and oxygen atoms in total. The summed E-state index contributed by atoms with van der Waals surface area (Å²) in [5, 5.41) is 0. The Kier molecular flexibility index (Phi) is 4.55. The van der Waals surface area contributed by atoms with E-state index in [9.17, 15) is 13.2 Å². The molecule has 1 aromatic rings. The summed E-state index contributed by atoms with van der Waals surface area (Å²) in [6.45, 7) is 4.83. The number of nitrogens with zero attached hydrogens (tertiary/aromatic N) is 3. The summed E-state index contributed by atoms with van der Waals surface area (Å²) < 4.78 is 27.9. The van der Waals surface area contributed by atoms with Gasteiger partial charge in [-0.3, -0.25) is 4.79 Å². The van der Waals surface area contributed by atoms with Crippen LogP contribution in [0, 0.1) is 5.92 Å². The minimum atomic E-state index is -3.65. The van der Waals surface area contributed by atoms with Crippen molar-refractivity contribution >= 4 is 21.8 Å². The number of likely N-dealkylation sites (N-methyl/N-ethyl adjacent to an activating group) is 2. The molecule has 2 rings (SSSR count). The molecular formula is C15H21N3O3S. The fourth-order valence-corrected chi connectivity index (χ4v) is 3.66. The third-order valence-electron chi connectivity index (χ3n) is 3.41. The lowest BCUT2D eigenvalue weighted by atomic mass is 10.2. The summed E-state index contributed by atoms with van der Waals surface area (Å²) >= 11 is 0. The third-order valence-corrected chi connectivity index (χ3v) is 4.74. The maximum absolute atomic E-state index is 12.2. The summed E-state index contributed by atoms with van der Waals surface area (Å²) in [5.41, 5.74) is 0.546. The molecule has 0 unspecified atom stereocenters. The van der Waals surface area contributed by atoms with Gasteiger partial charge in [0.1, 0.15) is 4.90 Å². The van der Waals surface area contributed by atoms with Crippen LogP contribution in [0.15, 0.2) is 33.6 Å². The van der Waals surface area contributed by atoms with Gasteiger partial charge < -0.3 is 9.80 Å². The van der Waals surface area contributed by atoms with Crippen LogP contribution in [0.25, 0.3) is 0 Å². The monoisotopic (exact) mass is 323 g/mol. The van der Waals surface area contributed by atoms with E-state index in [1.165, 1.54) is 6.07 Å². The molecule has 0 aliphatic carbocycles. The van der Waals surface area contributed by atoms with Crippen molar-refractivity contribution in [2.75, 3.05) is 27.2 Å². The Labute approximate surface area is 131 Å². The van der Waals surface area contributed by atoms with Gasteiger partial charge in [0, 0.05) is 26.2 Å². The zero-order chi connectivity index (χ0) is 16.5. The second kappa shape index (κ2) is 6.08. The quantitative estimate of drug-likeness (QED) is 0.834. The molecule has 0 saturated heterocycles. The number of amidine groups is 1. The smallest absolute Gasteiger partial charge is 0.285 e. The largest absolute Gasteiger partial charge is 0.349 e. The van der Waals surface area contributed by atoms with Crippen molar-refractivity contribution in [1.82, 2.24) is 9.80 Å². The van der Waals surface area contributed by atoms with Crippen LogP contribution in [0.2, 0.25) is 0 Å². The van der Waals surface area contributed by atoms with Gasteiger partial charge in [-0.25, -0.2) is 0 Å². The first kappa shape index (κ1) is 16.5. The van der Waals surface area contributed by atoms with Crippen molar-refractivity contribution in [2.45, 2.75) is 18.7 Å². The molecule has 0 spiro atoms. The molecule has 1 heterocycles. The van der Waals surface area contributed by atoms with Crippen molar-refractivity contribution in [3.05, 3.63) is 29.8 Å². The van der Waals surface area contributed by atoms with Crippen molar-refractivity contribution in [1.29, 1.82) is 0 Å². The van der Waals surface area contributed by atoms with Crippen LogP contribution in [-0.4, -0.2) is 57.1 Å². The molecule has 22 heavy (non-hydrogen) atoms. The van der Waals surface area contributed by atoms with E-state index < -0.39 is 10.0 Å². The number of carbonyl (C=O) groups is 1. The lowest BCUT2D eigenvalue weighted by Crippen LogP contribution is -2.40. The lowest BCUT2D eigenvalue weighted by molar-refractivity contribution is -0.130. The predicted molar refractivity (Wildman–Crippen MR) is 85.3 cm³/mol. The van der Waals surface area contributed by atoms with Gasteiger partial charge >= 0.3 is 0 Å². The molecule has 1 aliphatic heterocycles. The van der Waals surface area contributed by atoms with E-state index in [0.29, 0.717) is 23.9 Å². The average molecular weight is 323 g/mol. The van der Waals surface area contributed by atoms with Crippen LogP contribution in [0.5, 0.6) is 0 Å². The molecule has 0 saturated carbocycles. The highest BCUT2D eigenvalue weighted by molar-refractivity contribution is 7.90. The number of benzene rings is 1. The molecule has 0 atom stereocenters. The highest BCUT2D eigenvalue weighted by Gasteiger charge is 2.31. The molecule has 0 fully saturated rings.